The van der Waals surface area contributed by atoms with Crippen LogP contribution in [0.3, 0.4) is 0 Å². The second-order valence-electron chi connectivity index (χ2n) is 5.10. The fourth-order valence-corrected chi connectivity index (χ4v) is 4.16. The number of benzene rings is 2. The first-order chi connectivity index (χ1) is 11.6. The number of carbonyl (C=O) groups is 1. The quantitative estimate of drug-likeness (QED) is 0.394. The van der Waals surface area contributed by atoms with Crippen LogP contribution in [0.4, 0.5) is 18.9 Å². The van der Waals surface area contributed by atoms with Crippen LogP contribution in [0.25, 0.3) is 11.6 Å². The van der Waals surface area contributed by atoms with Gasteiger partial charge in [-0.3, -0.25) is 4.79 Å². The summed E-state index contributed by atoms with van der Waals surface area (Å²) in [6.45, 7) is 0. The number of halogens is 5. The SMILES string of the molecule is O=C1Nc2ccc(OC(F)(F)F)cc2/C1=C/c1cc(I)c(O)c(I)c1. The number of aromatic hydroxyl groups is 1. The average Bonchev–Trinajstić information content (AvgIpc) is 2.79. The molecule has 2 aromatic carbocycles. The molecule has 0 atom stereocenters. The van der Waals surface area contributed by atoms with Crippen LogP contribution in [0, 0.1) is 7.14 Å². The number of amides is 1. The molecule has 3 rings (SSSR count). The number of phenols is 1. The van der Waals surface area contributed by atoms with E-state index >= 15 is 0 Å². The maximum absolute atomic E-state index is 12.4. The number of hydrogen-bond acceptors (Lipinski definition) is 3. The lowest BCUT2D eigenvalue weighted by molar-refractivity contribution is -0.274. The molecule has 0 saturated carbocycles. The van der Waals surface area contributed by atoms with Crippen LogP contribution in [-0.4, -0.2) is 17.4 Å². The molecular weight excluding hydrogens is 565 g/mol. The molecule has 25 heavy (non-hydrogen) atoms. The van der Waals surface area contributed by atoms with Crippen molar-refractivity contribution in [3.05, 3.63) is 48.6 Å². The first-order valence-corrected chi connectivity index (χ1v) is 8.91. The fourth-order valence-electron chi connectivity index (χ4n) is 2.34. The minimum atomic E-state index is -4.81. The van der Waals surface area contributed by atoms with E-state index in [-0.39, 0.29) is 11.3 Å². The van der Waals surface area contributed by atoms with Crippen molar-refractivity contribution in [2.45, 2.75) is 6.36 Å². The van der Waals surface area contributed by atoms with E-state index in [4.69, 9.17) is 0 Å². The molecule has 1 aliphatic heterocycles. The summed E-state index contributed by atoms with van der Waals surface area (Å²) < 4.78 is 42.3. The van der Waals surface area contributed by atoms with Gasteiger partial charge in [-0.05, 0) is 87.2 Å². The Morgan fingerprint density at radius 3 is 2.36 bits per heavy atom. The molecule has 0 aliphatic carbocycles. The van der Waals surface area contributed by atoms with Crippen molar-refractivity contribution in [3.8, 4) is 11.5 Å². The summed E-state index contributed by atoms with van der Waals surface area (Å²) in [7, 11) is 0. The number of alkyl halides is 3. The van der Waals surface area contributed by atoms with E-state index in [9.17, 15) is 23.1 Å². The Kier molecular flexibility index (Phi) is 4.88. The average molecular weight is 573 g/mol. The first kappa shape index (κ1) is 18.3. The van der Waals surface area contributed by atoms with Gasteiger partial charge in [0, 0.05) is 16.8 Å². The van der Waals surface area contributed by atoms with Crippen molar-refractivity contribution in [3.63, 3.8) is 0 Å². The fraction of sp³-hybridized carbons (Fsp3) is 0.0625. The topological polar surface area (TPSA) is 58.6 Å². The Bertz CT molecular complexity index is 887. The molecule has 0 aromatic heterocycles. The van der Waals surface area contributed by atoms with Crippen LogP contribution in [0.2, 0.25) is 0 Å². The van der Waals surface area contributed by atoms with Gasteiger partial charge in [-0.15, -0.1) is 13.2 Å². The van der Waals surface area contributed by atoms with Crippen LogP contribution in [0.5, 0.6) is 11.5 Å². The lowest BCUT2D eigenvalue weighted by Gasteiger charge is -2.10. The maximum atomic E-state index is 12.4. The van der Waals surface area contributed by atoms with Gasteiger partial charge < -0.3 is 15.2 Å². The highest BCUT2D eigenvalue weighted by molar-refractivity contribution is 14.1. The van der Waals surface area contributed by atoms with Gasteiger partial charge in [-0.2, -0.15) is 0 Å². The number of carbonyl (C=O) groups excluding carboxylic acids is 1. The van der Waals surface area contributed by atoms with Crippen molar-refractivity contribution in [2.24, 2.45) is 0 Å². The summed E-state index contributed by atoms with van der Waals surface area (Å²) in [6.07, 6.45) is -3.25. The van der Waals surface area contributed by atoms with Gasteiger partial charge in [0.2, 0.25) is 0 Å². The van der Waals surface area contributed by atoms with Crippen LogP contribution in [-0.2, 0) is 4.79 Å². The smallest absolute Gasteiger partial charge is 0.506 e. The van der Waals surface area contributed by atoms with Crippen LogP contribution < -0.4 is 10.1 Å². The third-order valence-corrected chi connectivity index (χ3v) is 5.00. The second-order valence-corrected chi connectivity index (χ2v) is 7.42. The number of rotatable bonds is 2. The second kappa shape index (κ2) is 6.67. The monoisotopic (exact) mass is 573 g/mol. The molecular formula is C16H8F3I2NO3. The third kappa shape index (κ3) is 4.02. The Labute approximate surface area is 167 Å². The molecule has 2 N–H and O–H groups in total. The highest BCUT2D eigenvalue weighted by Crippen LogP contribution is 2.37. The Balaban J connectivity index is 2.05. The normalized spacial score (nSPS) is 15.2. The zero-order valence-electron chi connectivity index (χ0n) is 12.1. The predicted octanol–water partition coefficient (Wildman–Crippen LogP) is 4.99. The van der Waals surface area contributed by atoms with E-state index in [0.717, 1.165) is 6.07 Å². The van der Waals surface area contributed by atoms with Gasteiger partial charge in [0.25, 0.3) is 5.91 Å². The summed E-state index contributed by atoms with van der Waals surface area (Å²) in [5.74, 6) is -0.679. The summed E-state index contributed by atoms with van der Waals surface area (Å²) in [4.78, 5) is 12.2. The molecule has 0 bridgehead atoms. The summed E-state index contributed by atoms with van der Waals surface area (Å²) >= 11 is 3.92. The minimum absolute atomic E-state index is 0.139. The van der Waals surface area contributed by atoms with Gasteiger partial charge in [0.1, 0.15) is 11.5 Å². The van der Waals surface area contributed by atoms with Crippen molar-refractivity contribution in [1.82, 2.24) is 0 Å². The van der Waals surface area contributed by atoms with Crippen molar-refractivity contribution < 1.29 is 27.8 Å². The number of hydrogen-bond donors (Lipinski definition) is 2. The Morgan fingerprint density at radius 1 is 1.12 bits per heavy atom. The van der Waals surface area contributed by atoms with Crippen LogP contribution in [0.15, 0.2) is 30.3 Å². The molecule has 0 fully saturated rings. The number of phenolic OH excluding ortho intramolecular Hbond substituents is 1. The van der Waals surface area contributed by atoms with E-state index in [2.05, 4.69) is 10.1 Å². The lowest BCUT2D eigenvalue weighted by Crippen LogP contribution is -2.17. The predicted molar refractivity (Wildman–Crippen MR) is 103 cm³/mol. The van der Waals surface area contributed by atoms with Gasteiger partial charge >= 0.3 is 6.36 Å². The van der Waals surface area contributed by atoms with E-state index in [1.54, 1.807) is 18.2 Å². The Morgan fingerprint density at radius 2 is 1.76 bits per heavy atom. The van der Waals surface area contributed by atoms with Crippen LogP contribution in [0.1, 0.15) is 11.1 Å². The molecule has 1 heterocycles. The molecule has 9 heteroatoms. The standard InChI is InChI=1S/C16H8F3I2NO3/c17-16(18,19)25-8-1-2-13-9(6-8)10(15(24)22-13)3-7-4-11(20)14(23)12(21)5-7/h1-6,23H,(H,22,24)/b10-3-. The van der Waals surface area contributed by atoms with Crippen molar-refractivity contribution >= 4 is 68.4 Å². The lowest BCUT2D eigenvalue weighted by atomic mass is 10.0. The number of ether oxygens (including phenoxy) is 1. The highest BCUT2D eigenvalue weighted by atomic mass is 127. The highest BCUT2D eigenvalue weighted by Gasteiger charge is 2.32. The molecule has 4 nitrogen and oxygen atoms in total. The van der Waals surface area contributed by atoms with E-state index < -0.39 is 18.0 Å². The van der Waals surface area contributed by atoms with E-state index in [1.165, 1.54) is 12.1 Å². The molecule has 0 spiro atoms. The van der Waals surface area contributed by atoms with Gasteiger partial charge in [-0.1, -0.05) is 0 Å². The number of nitrogens with one attached hydrogen (secondary N) is 1. The Hall–Kier alpha value is -1.50. The number of fused-ring (bicyclic) bond motifs is 1. The molecule has 0 saturated heterocycles. The molecule has 0 unspecified atom stereocenters. The van der Waals surface area contributed by atoms with Gasteiger partial charge in [0.15, 0.2) is 0 Å². The maximum Gasteiger partial charge on any atom is 0.573 e. The molecule has 1 aliphatic rings. The van der Waals surface area contributed by atoms with Crippen molar-refractivity contribution in [2.75, 3.05) is 5.32 Å². The molecule has 1 amide bonds. The molecule has 0 radical (unpaired) electrons. The first-order valence-electron chi connectivity index (χ1n) is 6.75. The minimum Gasteiger partial charge on any atom is -0.506 e. The van der Waals surface area contributed by atoms with Crippen molar-refractivity contribution in [1.29, 1.82) is 0 Å². The van der Waals surface area contributed by atoms with Crippen LogP contribution >= 0.6 is 45.2 Å². The van der Waals surface area contributed by atoms with Gasteiger partial charge in [-0.25, -0.2) is 0 Å². The summed E-state index contributed by atoms with van der Waals surface area (Å²) in [6, 6.07) is 7.02. The third-order valence-electron chi connectivity index (χ3n) is 3.36. The zero-order chi connectivity index (χ0) is 18.4. The summed E-state index contributed by atoms with van der Waals surface area (Å²) in [5, 5.41) is 12.4. The largest absolute Gasteiger partial charge is 0.573 e. The number of anilines is 1. The molecule has 130 valence electrons. The molecule has 2 aromatic rings. The summed E-state index contributed by atoms with van der Waals surface area (Å²) in [5.41, 5.74) is 1.60. The van der Waals surface area contributed by atoms with E-state index in [1.807, 2.05) is 45.2 Å². The zero-order valence-corrected chi connectivity index (χ0v) is 16.4. The van der Waals surface area contributed by atoms with Gasteiger partial charge in [0.05, 0.1) is 7.14 Å². The van der Waals surface area contributed by atoms with E-state index in [0.29, 0.717) is 24.0 Å².